The number of aromatic nitrogens is 8. The van der Waals surface area contributed by atoms with Gasteiger partial charge in [0.1, 0.15) is 45.3 Å². The molecule has 29 heteroatoms. The van der Waals surface area contributed by atoms with Gasteiger partial charge in [0.15, 0.2) is 41.2 Å². The van der Waals surface area contributed by atoms with Crippen molar-refractivity contribution in [3.63, 3.8) is 0 Å². The molecule has 0 atom stereocenters. The highest BCUT2D eigenvalue weighted by atomic mass is 35.5. The van der Waals surface area contributed by atoms with Crippen molar-refractivity contribution in [1.82, 2.24) is 44.8 Å². The molecule has 1 saturated heterocycles. The van der Waals surface area contributed by atoms with Gasteiger partial charge >= 0.3 is 0 Å². The van der Waals surface area contributed by atoms with Crippen LogP contribution in [0.4, 0.5) is 20.5 Å². The topological polar surface area (TPSA) is 270 Å². The van der Waals surface area contributed by atoms with Gasteiger partial charge in [-0.1, -0.05) is 94.3 Å². The molecule has 0 amide bonds. The molecule has 12 aromatic rings. The number of benzene rings is 4. The Labute approximate surface area is 702 Å². The molecule has 0 saturated carbocycles. The van der Waals surface area contributed by atoms with Gasteiger partial charge < -0.3 is 55.0 Å². The molecule has 22 nitrogen and oxygen atoms in total. The number of nitrogens with zero attached hydrogens (tertiary/aromatic N) is 8. The fourth-order valence-corrected chi connectivity index (χ4v) is 16.1. The van der Waals surface area contributed by atoms with E-state index in [9.17, 15) is 18.0 Å². The summed E-state index contributed by atoms with van der Waals surface area (Å²) in [7, 11) is -3.12. The average Bonchev–Trinajstić information content (AvgIpc) is 1.75. The van der Waals surface area contributed by atoms with Crippen molar-refractivity contribution in [3.05, 3.63) is 165 Å². The predicted octanol–water partition coefficient (Wildman–Crippen LogP) is 21.5. The SMILES string of the molecule is CC(C)C.CC(C)C.CC(C)Nc1nc(-c2cc(=O)c3ccc(OCCN4CCOCC4)cc3[nH]2)cs1.CC(C)Nc1nc(-c2cc(OC(C)C)c3ccc(CS(C)(=O)=O)cc3n2)cs1.Cc1ccc2c(=O)cc(-c3nc(NC(C)C)sc3Cl)[nH]c2c1.[C-]#[N+]CCc1ccc2c(OC(C)C)cc(-c3csc(NC(C)C)n3)nc2c1Cl. The number of fused-ring (bicyclic) bond motifs is 4. The first-order valence-corrected chi connectivity index (χ1v) is 45.0. The minimum absolute atomic E-state index is 0.00255. The highest BCUT2D eigenvalue weighted by Gasteiger charge is 2.21. The van der Waals surface area contributed by atoms with Crippen LogP contribution < -0.4 is 46.3 Å². The second-order valence-corrected chi connectivity index (χ2v) is 37.6. The number of aryl methyl sites for hydroxylation is 1. The summed E-state index contributed by atoms with van der Waals surface area (Å²) in [6.07, 6.45) is 1.85. The third-order valence-corrected chi connectivity index (χ3v) is 20.6. The summed E-state index contributed by atoms with van der Waals surface area (Å²) >= 11 is 18.9. The summed E-state index contributed by atoms with van der Waals surface area (Å²) in [5.74, 6) is 3.85. The number of halogens is 2. The molecule has 1 aliphatic rings. The molecule has 13 rings (SSSR count). The summed E-state index contributed by atoms with van der Waals surface area (Å²) in [6.45, 7) is 51.8. The van der Waals surface area contributed by atoms with E-state index in [1.54, 1.807) is 23.5 Å². The molecule has 115 heavy (non-hydrogen) atoms. The van der Waals surface area contributed by atoms with Crippen molar-refractivity contribution in [1.29, 1.82) is 0 Å². The van der Waals surface area contributed by atoms with E-state index in [1.165, 1.54) is 40.3 Å². The quantitative estimate of drug-likeness (QED) is 0.0307. The molecule has 0 aliphatic carbocycles. The number of anilines is 4. The second-order valence-electron chi connectivity index (χ2n) is 30.9. The Balaban J connectivity index is 0.000000186. The first kappa shape index (κ1) is 91.7. The minimum atomic E-state index is -3.12. The van der Waals surface area contributed by atoms with Gasteiger partial charge in [-0.15, -0.1) is 34.0 Å². The number of thiazole rings is 4. The molecule has 616 valence electrons. The van der Waals surface area contributed by atoms with Gasteiger partial charge in [-0.3, -0.25) is 14.5 Å². The van der Waals surface area contributed by atoms with E-state index in [1.807, 2.05) is 143 Å². The van der Waals surface area contributed by atoms with E-state index >= 15 is 0 Å². The van der Waals surface area contributed by atoms with E-state index in [0.29, 0.717) is 103 Å². The van der Waals surface area contributed by atoms with Crippen LogP contribution in [0.1, 0.15) is 141 Å². The van der Waals surface area contributed by atoms with Crippen LogP contribution in [0.5, 0.6) is 17.2 Å². The molecule has 1 aliphatic heterocycles. The largest absolute Gasteiger partial charge is 0.492 e. The van der Waals surface area contributed by atoms with Gasteiger partial charge in [0.25, 0.3) is 0 Å². The smallest absolute Gasteiger partial charge is 0.218 e. The number of rotatable bonds is 24. The van der Waals surface area contributed by atoms with E-state index in [2.05, 4.69) is 144 Å². The highest BCUT2D eigenvalue weighted by Crippen LogP contribution is 2.39. The number of morpholine rings is 1. The van der Waals surface area contributed by atoms with Crippen molar-refractivity contribution < 1.29 is 27.4 Å². The molecule has 0 bridgehead atoms. The normalized spacial score (nSPS) is 12.3. The first-order chi connectivity index (χ1) is 54.5. The van der Waals surface area contributed by atoms with Crippen molar-refractivity contribution >= 4 is 143 Å². The summed E-state index contributed by atoms with van der Waals surface area (Å²) in [4.78, 5) is 65.1. The number of nitrogens with one attached hydrogen (secondary N) is 6. The lowest BCUT2D eigenvalue weighted by Crippen LogP contribution is -2.38. The van der Waals surface area contributed by atoms with Crippen LogP contribution in [0.15, 0.2) is 117 Å². The number of sulfone groups is 1. The zero-order valence-corrected chi connectivity index (χ0v) is 75.1. The predicted molar refractivity (Wildman–Crippen MR) is 486 cm³/mol. The summed E-state index contributed by atoms with van der Waals surface area (Å²) in [6, 6.07) is 28.9. The molecule has 9 heterocycles. The monoisotopic (exact) mass is 1700 g/mol. The lowest BCUT2D eigenvalue weighted by atomic mass is 10.1. The second kappa shape index (κ2) is 43.4. The molecular weight excluding hydrogens is 1590 g/mol. The average molecular weight is 1700 g/mol. The summed E-state index contributed by atoms with van der Waals surface area (Å²) < 4.78 is 47.2. The van der Waals surface area contributed by atoms with Crippen LogP contribution in [-0.2, 0) is 26.7 Å². The van der Waals surface area contributed by atoms with E-state index < -0.39 is 9.84 Å². The van der Waals surface area contributed by atoms with Crippen LogP contribution in [0.25, 0.3) is 94.0 Å². The zero-order chi connectivity index (χ0) is 84.0. The van der Waals surface area contributed by atoms with Crippen LogP contribution in [0.2, 0.25) is 9.36 Å². The fourth-order valence-electron chi connectivity index (χ4n) is 11.2. The molecule has 6 N–H and O–H groups in total. The van der Waals surface area contributed by atoms with Crippen LogP contribution >= 0.6 is 68.5 Å². The number of hydrogen-bond donors (Lipinski definition) is 6. The molecule has 0 unspecified atom stereocenters. The van der Waals surface area contributed by atoms with Crippen LogP contribution in [0, 0.1) is 25.3 Å². The molecule has 1 fully saturated rings. The lowest BCUT2D eigenvalue weighted by molar-refractivity contribution is 0.0322. The standard InChI is InChI=1S/C21H23ClN4OS.C21H26N4O3S.C20H25N3O3S2.C16H16ClN3OS.2C4H10/c1-12(2)24-21-26-17(11-28-21)16-10-18(27-13(3)4)15-7-6-14(8-9-23-5)19(22)20(15)25-16;1-14(2)22-21-24-19(13-29-21)18-12-20(26)16-4-3-15(11-17(16)23-18)28-10-7-25-5-8-27-9-6-25;1-12(2)21-20-23-18(10-27-20)17-9-19(26-13(3)4)15-7-6-14(8-16(15)22-17)11-28(5,24)25;1-8(2)18-16-20-14(15(17)22-16)12-7-13(21)10-5-4-9(3)6-11(10)19-12;2*1-4(2)3/h6-7,10-13H,8-9H2,1-4H3,(H,24,26);3-4,11-14H,5-10H2,1-2H3,(H,22,24)(H,23,26);6-10,12-13H,11H2,1-5H3,(H,21,23);4-8H,1-3H3,(H,18,20)(H,19,21);2*4H,1-3H3. The minimum Gasteiger partial charge on any atom is -0.492 e. The van der Waals surface area contributed by atoms with Crippen molar-refractivity contribution in [3.8, 4) is 62.8 Å². The Morgan fingerprint density at radius 3 is 1.60 bits per heavy atom. The van der Waals surface area contributed by atoms with E-state index in [-0.39, 0.29) is 34.9 Å². The van der Waals surface area contributed by atoms with Gasteiger partial charge in [0.05, 0.1) is 86.7 Å². The zero-order valence-electron chi connectivity index (χ0n) is 69.5. The first-order valence-electron chi connectivity index (χ1n) is 38.7. The van der Waals surface area contributed by atoms with Gasteiger partial charge in [-0.05, 0) is 161 Å². The third-order valence-electron chi connectivity index (χ3n) is 15.8. The molecule has 0 spiro atoms. The Morgan fingerprint density at radius 2 is 1.05 bits per heavy atom. The van der Waals surface area contributed by atoms with Gasteiger partial charge in [0.2, 0.25) is 6.54 Å². The lowest BCUT2D eigenvalue weighted by Gasteiger charge is -2.26. The number of pyridine rings is 4. The number of ether oxygens (including phenoxy) is 4. The molecule has 8 aromatic heterocycles. The van der Waals surface area contributed by atoms with Gasteiger partial charge in [-0.25, -0.2) is 44.9 Å². The molecule has 0 radical (unpaired) electrons. The fraction of sp³-hybridized carbons (Fsp3) is 0.430. The Bertz CT molecular complexity index is 5450. The van der Waals surface area contributed by atoms with Crippen LogP contribution in [-0.4, -0.2) is 142 Å². The maximum atomic E-state index is 12.6. The van der Waals surface area contributed by atoms with Gasteiger partial charge in [-0.2, -0.15) is 0 Å². The van der Waals surface area contributed by atoms with E-state index in [4.69, 9.17) is 58.7 Å². The van der Waals surface area contributed by atoms with Crippen molar-refractivity contribution in [2.45, 2.75) is 180 Å². The van der Waals surface area contributed by atoms with Crippen molar-refractivity contribution in [2.75, 3.05) is 73.5 Å². The Kier molecular flexibility index (Phi) is 34.6. The Morgan fingerprint density at radius 1 is 0.565 bits per heavy atom. The summed E-state index contributed by atoms with van der Waals surface area (Å²) in [5, 5.41) is 25.9. The van der Waals surface area contributed by atoms with Crippen molar-refractivity contribution in [2.24, 2.45) is 11.8 Å². The van der Waals surface area contributed by atoms with E-state index in [0.717, 1.165) is 132 Å². The van der Waals surface area contributed by atoms with Crippen LogP contribution in [0.3, 0.4) is 0 Å². The molecular formula is C86H110Cl2N14O8S5. The molecule has 4 aromatic carbocycles. The highest BCUT2D eigenvalue weighted by molar-refractivity contribution is 7.89. The third kappa shape index (κ3) is 28.8. The number of aromatic amines is 2. The number of H-pyrrole nitrogens is 2. The summed E-state index contributed by atoms with van der Waals surface area (Å²) in [5.41, 5.74) is 11.3. The Hall–Kier alpha value is -8.82. The van der Waals surface area contributed by atoms with Gasteiger partial charge in [0, 0.05) is 124 Å². The maximum Gasteiger partial charge on any atom is 0.218 e. The number of hydrogen-bond acceptors (Lipinski definition) is 23. The maximum absolute atomic E-state index is 12.6.